The molecule has 5 rings (SSSR count). The summed E-state index contributed by atoms with van der Waals surface area (Å²) in [6.07, 6.45) is 0. The minimum Gasteiger partial charge on any atom is -0.509 e. The van der Waals surface area contributed by atoms with Crippen LogP contribution in [0.5, 0.6) is 0 Å². The number of aromatic nitrogens is 2. The van der Waals surface area contributed by atoms with Gasteiger partial charge in [0.05, 0.1) is 17.6 Å². The number of rotatable bonds is 6. The lowest BCUT2D eigenvalue weighted by Crippen LogP contribution is -2.43. The molecule has 9 heteroatoms. The van der Waals surface area contributed by atoms with E-state index < -0.39 is 0 Å². The number of imidazole rings is 1. The summed E-state index contributed by atoms with van der Waals surface area (Å²) in [6, 6.07) is 22.5. The molecule has 0 bridgehead atoms. The number of amidine groups is 1. The zero-order valence-electron chi connectivity index (χ0n) is 17.9. The number of H-pyrrole nitrogens is 1. The van der Waals surface area contributed by atoms with Crippen LogP contribution in [-0.4, -0.2) is 38.4 Å². The van der Waals surface area contributed by atoms with Gasteiger partial charge in [0.15, 0.2) is 5.84 Å². The predicted molar refractivity (Wildman–Crippen MR) is 135 cm³/mol. The van der Waals surface area contributed by atoms with Crippen molar-refractivity contribution >= 4 is 51.7 Å². The summed E-state index contributed by atoms with van der Waals surface area (Å²) in [5.74, 6) is 0.738. The highest BCUT2D eigenvalue weighted by Gasteiger charge is 2.31. The fourth-order valence-electron chi connectivity index (χ4n) is 3.63. The van der Waals surface area contributed by atoms with Gasteiger partial charge < -0.3 is 10.1 Å². The first-order chi connectivity index (χ1) is 16.5. The Balaban J connectivity index is 1.22. The van der Waals surface area contributed by atoms with E-state index in [-0.39, 0.29) is 29.6 Å². The third-order valence-electron chi connectivity index (χ3n) is 5.40. The van der Waals surface area contributed by atoms with Gasteiger partial charge in [-0.25, -0.2) is 4.98 Å². The highest BCUT2D eigenvalue weighted by atomic mass is 35.5. The van der Waals surface area contributed by atoms with Gasteiger partial charge in [-0.15, -0.1) is 11.8 Å². The quantitative estimate of drug-likeness (QED) is 0.271. The first-order valence-corrected chi connectivity index (χ1v) is 11.9. The summed E-state index contributed by atoms with van der Waals surface area (Å²) in [7, 11) is 0. The van der Waals surface area contributed by atoms with E-state index >= 15 is 0 Å². The largest absolute Gasteiger partial charge is 0.509 e. The number of aliphatic hydroxyl groups is 1. The van der Waals surface area contributed by atoms with Gasteiger partial charge in [0, 0.05) is 21.2 Å². The summed E-state index contributed by atoms with van der Waals surface area (Å²) in [4.78, 5) is 21.5. The van der Waals surface area contributed by atoms with Gasteiger partial charge in [-0.05, 0) is 54.1 Å². The highest BCUT2D eigenvalue weighted by molar-refractivity contribution is 7.98. The molecular formula is C25H20ClN5O2S. The van der Waals surface area contributed by atoms with Crippen molar-refractivity contribution in [2.24, 2.45) is 0 Å². The van der Waals surface area contributed by atoms with E-state index in [0.29, 0.717) is 16.4 Å². The van der Waals surface area contributed by atoms with Crippen LogP contribution in [0.2, 0.25) is 5.02 Å². The first-order valence-electron chi connectivity index (χ1n) is 10.5. The average Bonchev–Trinajstić information content (AvgIpc) is 3.38. The number of hydrogen-bond donors (Lipinski definition) is 4. The molecule has 7 nitrogen and oxygen atoms in total. The second kappa shape index (κ2) is 9.24. The summed E-state index contributed by atoms with van der Waals surface area (Å²) >= 11 is 7.61. The minimum atomic E-state index is -0.361. The number of nitrogens with zero attached hydrogens (tertiary/aromatic N) is 2. The van der Waals surface area contributed by atoms with Crippen molar-refractivity contribution < 1.29 is 9.90 Å². The van der Waals surface area contributed by atoms with Crippen LogP contribution in [0.3, 0.4) is 0 Å². The Bertz CT molecular complexity index is 1380. The summed E-state index contributed by atoms with van der Waals surface area (Å²) in [5, 5.41) is 21.0. The number of fused-ring (bicyclic) bond motifs is 1. The number of amides is 1. The van der Waals surface area contributed by atoms with E-state index in [1.54, 1.807) is 23.9 Å². The molecule has 1 amide bonds. The van der Waals surface area contributed by atoms with Crippen molar-refractivity contribution in [3.8, 4) is 0 Å². The number of hydrazine groups is 1. The van der Waals surface area contributed by atoms with Crippen LogP contribution in [0.4, 0.5) is 0 Å². The maximum atomic E-state index is 12.8. The van der Waals surface area contributed by atoms with Crippen molar-refractivity contribution in [3.05, 3.63) is 101 Å². The zero-order valence-corrected chi connectivity index (χ0v) is 19.5. The lowest BCUT2D eigenvalue weighted by Gasteiger charge is -2.19. The molecular weight excluding hydrogens is 470 g/mol. The van der Waals surface area contributed by atoms with Gasteiger partial charge in [0.2, 0.25) is 0 Å². The lowest BCUT2D eigenvalue weighted by atomic mass is 10.1. The third-order valence-corrected chi connectivity index (χ3v) is 6.74. The van der Waals surface area contributed by atoms with E-state index in [9.17, 15) is 9.90 Å². The molecule has 0 saturated carbocycles. The molecule has 0 atom stereocenters. The fraction of sp³-hybridized carbons (Fsp3) is 0.0800. The Labute approximate surface area is 204 Å². The minimum absolute atomic E-state index is 0.00717. The number of hydrogen-bond acceptors (Lipinski definition) is 5. The van der Waals surface area contributed by atoms with Crippen molar-refractivity contribution in [3.63, 3.8) is 0 Å². The number of carbonyl (C=O) groups is 1. The smallest absolute Gasteiger partial charge is 0.269 e. The summed E-state index contributed by atoms with van der Waals surface area (Å²) in [5.41, 5.74) is 6.06. The van der Waals surface area contributed by atoms with Gasteiger partial charge in [-0.3, -0.25) is 20.6 Å². The Morgan fingerprint density at radius 2 is 1.85 bits per heavy atom. The monoisotopic (exact) mass is 489 g/mol. The van der Waals surface area contributed by atoms with Crippen LogP contribution >= 0.6 is 23.4 Å². The van der Waals surface area contributed by atoms with Crippen molar-refractivity contribution in [1.29, 1.82) is 5.41 Å². The Hall–Kier alpha value is -3.75. The van der Waals surface area contributed by atoms with Gasteiger partial charge in [0.1, 0.15) is 17.2 Å². The van der Waals surface area contributed by atoms with Crippen LogP contribution in [0.15, 0.2) is 83.5 Å². The van der Waals surface area contributed by atoms with E-state index in [2.05, 4.69) is 15.4 Å². The van der Waals surface area contributed by atoms with E-state index in [0.717, 1.165) is 27.2 Å². The van der Waals surface area contributed by atoms with Crippen LogP contribution in [0, 0.1) is 5.41 Å². The second-order valence-electron chi connectivity index (χ2n) is 7.74. The Morgan fingerprint density at radius 3 is 2.59 bits per heavy atom. The van der Waals surface area contributed by atoms with Crippen molar-refractivity contribution in [1.82, 2.24) is 20.4 Å². The molecule has 34 heavy (non-hydrogen) atoms. The predicted octanol–water partition coefficient (Wildman–Crippen LogP) is 5.42. The number of aliphatic hydroxyl groups excluding tert-OH is 1. The second-order valence-corrected chi connectivity index (χ2v) is 9.22. The fourth-order valence-corrected chi connectivity index (χ4v) is 4.61. The zero-order chi connectivity index (χ0) is 23.7. The number of aromatic amines is 1. The molecule has 0 saturated heterocycles. The van der Waals surface area contributed by atoms with E-state index in [4.69, 9.17) is 17.0 Å². The first kappa shape index (κ1) is 22.1. The molecule has 0 aliphatic carbocycles. The normalized spacial score (nSPS) is 13.7. The molecule has 1 aromatic heterocycles. The number of para-hydroxylation sites is 2. The summed E-state index contributed by atoms with van der Waals surface area (Å²) in [6.45, 7) is -0.00717. The Morgan fingerprint density at radius 1 is 1.12 bits per heavy atom. The van der Waals surface area contributed by atoms with Gasteiger partial charge in [-0.1, -0.05) is 35.9 Å². The molecule has 1 aliphatic rings. The van der Waals surface area contributed by atoms with Gasteiger partial charge >= 0.3 is 0 Å². The standard InChI is InChI=1S/C25H20ClN5O2S/c26-17-9-11-18(12-10-17)34-14-15-5-7-16(8-6-15)25(33)30-31-13-21(32)22(23(31)27)24-28-19-3-1-2-4-20(19)29-24/h1-12,27,32H,13-14H2,(H,28,29)(H,30,33). The van der Waals surface area contributed by atoms with Crippen LogP contribution in [-0.2, 0) is 5.75 Å². The van der Waals surface area contributed by atoms with Crippen LogP contribution < -0.4 is 5.43 Å². The molecule has 0 unspecified atom stereocenters. The maximum absolute atomic E-state index is 12.8. The molecule has 4 aromatic rings. The SMILES string of the molecule is N=C1C(c2nc3ccccc3[nH]2)=C(O)CN1NC(=O)c1ccc(CSc2ccc(Cl)cc2)cc1. The lowest BCUT2D eigenvalue weighted by molar-refractivity contribution is 0.0874. The molecule has 170 valence electrons. The van der Waals surface area contributed by atoms with Crippen molar-refractivity contribution in [2.75, 3.05) is 6.54 Å². The molecule has 0 fully saturated rings. The van der Waals surface area contributed by atoms with Crippen molar-refractivity contribution in [2.45, 2.75) is 10.6 Å². The number of benzene rings is 3. The average molecular weight is 490 g/mol. The number of thioether (sulfide) groups is 1. The number of carbonyl (C=O) groups excluding carboxylic acids is 1. The molecule has 4 N–H and O–H groups in total. The molecule has 3 aromatic carbocycles. The van der Waals surface area contributed by atoms with Crippen LogP contribution in [0.1, 0.15) is 21.7 Å². The molecule has 0 radical (unpaired) electrons. The van der Waals surface area contributed by atoms with Gasteiger partial charge in [-0.2, -0.15) is 0 Å². The maximum Gasteiger partial charge on any atom is 0.269 e. The molecule has 1 aliphatic heterocycles. The molecule has 0 spiro atoms. The highest BCUT2D eigenvalue weighted by Crippen LogP contribution is 2.27. The topological polar surface area (TPSA) is 105 Å². The van der Waals surface area contributed by atoms with E-state index in [1.165, 1.54) is 5.01 Å². The third kappa shape index (κ3) is 4.50. The summed E-state index contributed by atoms with van der Waals surface area (Å²) < 4.78 is 0. The number of nitrogens with one attached hydrogen (secondary N) is 3. The number of halogens is 1. The van der Waals surface area contributed by atoms with Crippen LogP contribution in [0.25, 0.3) is 16.6 Å². The Kier molecular flexibility index (Phi) is 6.00. The molecule has 2 heterocycles. The van der Waals surface area contributed by atoms with E-state index in [1.807, 2.05) is 60.7 Å². The van der Waals surface area contributed by atoms with Gasteiger partial charge in [0.25, 0.3) is 5.91 Å².